The van der Waals surface area contributed by atoms with Crippen LogP contribution >= 0.6 is 24.0 Å². The zero-order valence-corrected chi connectivity index (χ0v) is 12.4. The average molecular weight is 318 g/mol. The Kier molecular flexibility index (Phi) is 6.78. The van der Waals surface area contributed by atoms with E-state index in [0.29, 0.717) is 10.7 Å². The Hall–Kier alpha value is -1.30. The van der Waals surface area contributed by atoms with Crippen molar-refractivity contribution in [1.29, 1.82) is 0 Å². The van der Waals surface area contributed by atoms with Gasteiger partial charge in [0, 0.05) is 10.7 Å². The molecular formula is C13H17Cl2N3O2. The molecule has 1 heterocycles. The van der Waals surface area contributed by atoms with E-state index in [4.69, 9.17) is 11.6 Å². The molecule has 2 amide bonds. The molecule has 3 N–H and O–H groups in total. The Morgan fingerprint density at radius 3 is 2.60 bits per heavy atom. The van der Waals surface area contributed by atoms with Gasteiger partial charge in [-0.25, -0.2) is 0 Å². The molecule has 1 aliphatic heterocycles. The zero-order valence-electron chi connectivity index (χ0n) is 10.8. The molecule has 0 saturated carbocycles. The van der Waals surface area contributed by atoms with Gasteiger partial charge < -0.3 is 16.0 Å². The standard InChI is InChI=1S/C13H16ClN3O2.ClH/c14-9-3-5-10(6-4-9)17-12(18)8-16-13(19)11-2-1-7-15-11;/h3-6,11,15H,1-2,7-8H2,(H,16,19)(H,17,18);1H. The van der Waals surface area contributed by atoms with Gasteiger partial charge in [-0.3, -0.25) is 9.59 Å². The Balaban J connectivity index is 0.00000200. The van der Waals surface area contributed by atoms with Crippen LogP contribution in [0.3, 0.4) is 0 Å². The maximum atomic E-state index is 11.7. The molecule has 1 atom stereocenters. The highest BCUT2D eigenvalue weighted by Crippen LogP contribution is 2.13. The van der Waals surface area contributed by atoms with Crippen LogP contribution in [0.15, 0.2) is 24.3 Å². The van der Waals surface area contributed by atoms with E-state index in [1.807, 2.05) is 0 Å². The van der Waals surface area contributed by atoms with Crippen LogP contribution in [0.2, 0.25) is 5.02 Å². The van der Waals surface area contributed by atoms with Crippen molar-refractivity contribution in [3.63, 3.8) is 0 Å². The lowest BCUT2D eigenvalue weighted by Gasteiger charge is -2.11. The minimum Gasteiger partial charge on any atom is -0.346 e. The minimum absolute atomic E-state index is 0. The summed E-state index contributed by atoms with van der Waals surface area (Å²) in [5.41, 5.74) is 0.655. The summed E-state index contributed by atoms with van der Waals surface area (Å²) in [6.07, 6.45) is 1.82. The van der Waals surface area contributed by atoms with Crippen molar-refractivity contribution in [2.75, 3.05) is 18.4 Å². The second-order valence-electron chi connectivity index (χ2n) is 4.42. The summed E-state index contributed by atoms with van der Waals surface area (Å²) >= 11 is 5.75. The molecule has 1 saturated heterocycles. The fraction of sp³-hybridized carbons (Fsp3) is 0.385. The molecule has 7 heteroatoms. The van der Waals surface area contributed by atoms with E-state index < -0.39 is 0 Å². The van der Waals surface area contributed by atoms with Crippen LogP contribution < -0.4 is 16.0 Å². The monoisotopic (exact) mass is 317 g/mol. The van der Waals surface area contributed by atoms with Crippen LogP contribution in [0.25, 0.3) is 0 Å². The molecule has 1 unspecified atom stereocenters. The zero-order chi connectivity index (χ0) is 13.7. The molecule has 0 aromatic heterocycles. The predicted molar refractivity (Wildman–Crippen MR) is 81.4 cm³/mol. The van der Waals surface area contributed by atoms with Gasteiger partial charge in [-0.05, 0) is 43.7 Å². The smallest absolute Gasteiger partial charge is 0.243 e. The minimum atomic E-state index is -0.256. The van der Waals surface area contributed by atoms with E-state index in [-0.39, 0.29) is 36.8 Å². The van der Waals surface area contributed by atoms with Crippen molar-refractivity contribution in [3.8, 4) is 0 Å². The molecule has 0 radical (unpaired) electrons. The van der Waals surface area contributed by atoms with E-state index in [1.165, 1.54) is 0 Å². The molecule has 2 rings (SSSR count). The van der Waals surface area contributed by atoms with E-state index in [0.717, 1.165) is 19.4 Å². The molecule has 0 bridgehead atoms. The summed E-state index contributed by atoms with van der Waals surface area (Å²) in [4.78, 5) is 23.3. The summed E-state index contributed by atoms with van der Waals surface area (Å²) in [5.74, 6) is -0.377. The molecule has 1 fully saturated rings. The van der Waals surface area contributed by atoms with Gasteiger partial charge in [0.15, 0.2) is 0 Å². The summed E-state index contributed by atoms with van der Waals surface area (Å²) in [6, 6.07) is 6.64. The van der Waals surface area contributed by atoms with Crippen molar-refractivity contribution < 1.29 is 9.59 Å². The van der Waals surface area contributed by atoms with Gasteiger partial charge in [-0.15, -0.1) is 12.4 Å². The first-order chi connectivity index (χ1) is 9.15. The largest absolute Gasteiger partial charge is 0.346 e. The quantitative estimate of drug-likeness (QED) is 0.789. The maximum absolute atomic E-state index is 11.7. The fourth-order valence-corrected chi connectivity index (χ4v) is 2.06. The number of hydrogen-bond donors (Lipinski definition) is 3. The number of carbonyl (C=O) groups is 2. The van der Waals surface area contributed by atoms with E-state index in [2.05, 4.69) is 16.0 Å². The SMILES string of the molecule is Cl.O=C(CNC(=O)C1CCCN1)Nc1ccc(Cl)cc1. The van der Waals surface area contributed by atoms with Crippen LogP contribution in [0.4, 0.5) is 5.69 Å². The number of rotatable bonds is 4. The lowest BCUT2D eigenvalue weighted by atomic mass is 10.2. The third kappa shape index (κ3) is 5.00. The molecule has 0 aliphatic carbocycles. The summed E-state index contributed by atoms with van der Waals surface area (Å²) in [7, 11) is 0. The van der Waals surface area contributed by atoms with Gasteiger partial charge in [-0.1, -0.05) is 11.6 Å². The fourth-order valence-electron chi connectivity index (χ4n) is 1.94. The lowest BCUT2D eigenvalue weighted by Crippen LogP contribution is -2.43. The summed E-state index contributed by atoms with van der Waals surface area (Å²) in [5, 5.41) is 8.99. The lowest BCUT2D eigenvalue weighted by molar-refractivity contribution is -0.125. The van der Waals surface area contributed by atoms with Crippen molar-refractivity contribution >= 4 is 41.5 Å². The molecule has 1 aromatic carbocycles. The molecule has 5 nitrogen and oxygen atoms in total. The molecular weight excluding hydrogens is 301 g/mol. The Bertz CT molecular complexity index is 459. The van der Waals surface area contributed by atoms with Crippen molar-refractivity contribution in [2.24, 2.45) is 0 Å². The summed E-state index contributed by atoms with van der Waals surface area (Å²) < 4.78 is 0. The highest BCUT2D eigenvalue weighted by atomic mass is 35.5. The number of hydrogen-bond acceptors (Lipinski definition) is 3. The van der Waals surface area contributed by atoms with Gasteiger partial charge in [0.2, 0.25) is 11.8 Å². The molecule has 20 heavy (non-hydrogen) atoms. The Morgan fingerprint density at radius 2 is 2.00 bits per heavy atom. The number of nitrogens with one attached hydrogen (secondary N) is 3. The third-order valence-electron chi connectivity index (χ3n) is 2.93. The highest BCUT2D eigenvalue weighted by Gasteiger charge is 2.21. The second kappa shape index (κ2) is 8.09. The average Bonchev–Trinajstić information content (AvgIpc) is 2.93. The third-order valence-corrected chi connectivity index (χ3v) is 3.18. The second-order valence-corrected chi connectivity index (χ2v) is 4.86. The van der Waals surface area contributed by atoms with Gasteiger partial charge in [0.05, 0.1) is 12.6 Å². The van der Waals surface area contributed by atoms with E-state index >= 15 is 0 Å². The first kappa shape index (κ1) is 16.8. The van der Waals surface area contributed by atoms with E-state index in [9.17, 15) is 9.59 Å². The normalized spacial score (nSPS) is 17.1. The summed E-state index contributed by atoms with van der Waals surface area (Å²) in [6.45, 7) is 0.828. The highest BCUT2D eigenvalue weighted by molar-refractivity contribution is 6.30. The predicted octanol–water partition coefficient (Wildman–Crippen LogP) is 1.57. The van der Waals surface area contributed by atoms with Crippen molar-refractivity contribution in [1.82, 2.24) is 10.6 Å². The Morgan fingerprint density at radius 1 is 1.30 bits per heavy atom. The van der Waals surface area contributed by atoms with Crippen molar-refractivity contribution in [3.05, 3.63) is 29.3 Å². The van der Waals surface area contributed by atoms with Crippen LogP contribution in [-0.4, -0.2) is 30.9 Å². The molecule has 1 aliphatic rings. The topological polar surface area (TPSA) is 70.2 Å². The van der Waals surface area contributed by atoms with Gasteiger partial charge >= 0.3 is 0 Å². The first-order valence-corrected chi connectivity index (χ1v) is 6.59. The number of amides is 2. The van der Waals surface area contributed by atoms with Gasteiger partial charge in [0.25, 0.3) is 0 Å². The first-order valence-electron chi connectivity index (χ1n) is 6.21. The van der Waals surface area contributed by atoms with Crippen LogP contribution in [0.1, 0.15) is 12.8 Å². The number of carbonyl (C=O) groups excluding carboxylic acids is 2. The molecule has 110 valence electrons. The van der Waals surface area contributed by atoms with Crippen LogP contribution in [0, 0.1) is 0 Å². The molecule has 1 aromatic rings. The van der Waals surface area contributed by atoms with Crippen LogP contribution in [0.5, 0.6) is 0 Å². The number of benzene rings is 1. The van der Waals surface area contributed by atoms with E-state index in [1.54, 1.807) is 24.3 Å². The number of anilines is 1. The molecule has 0 spiro atoms. The number of halogens is 2. The van der Waals surface area contributed by atoms with Gasteiger partial charge in [-0.2, -0.15) is 0 Å². The maximum Gasteiger partial charge on any atom is 0.243 e. The Labute approximate surface area is 128 Å². The van der Waals surface area contributed by atoms with Gasteiger partial charge in [0.1, 0.15) is 0 Å². The van der Waals surface area contributed by atoms with Crippen molar-refractivity contribution in [2.45, 2.75) is 18.9 Å². The van der Waals surface area contributed by atoms with Crippen LogP contribution in [-0.2, 0) is 9.59 Å².